The monoisotopic (exact) mass is 1100 g/mol. The number of carbonyl (C=O) groups is 1. The Labute approximate surface area is 461 Å². The number of tetrazole rings is 2. The zero-order chi connectivity index (χ0) is 54.9. The molecular weight excluding hydrogens is 1020 g/mol. The van der Waals surface area contributed by atoms with Crippen LogP contribution in [0, 0.1) is 0 Å². The average Bonchev–Trinajstić information content (AvgIpc) is 4.51. The van der Waals surface area contributed by atoms with Gasteiger partial charge in [0.2, 0.25) is 11.9 Å². The number of rotatable bonds is 20. The van der Waals surface area contributed by atoms with E-state index in [-0.39, 0.29) is 42.3 Å². The lowest BCUT2D eigenvalue weighted by molar-refractivity contribution is 0.00473. The molecule has 0 saturated heterocycles. The largest absolute Gasteiger partial charge is 0.388 e. The quantitative estimate of drug-likeness (QED) is 0.0543. The van der Waals surface area contributed by atoms with Crippen molar-refractivity contribution in [3.8, 4) is 0 Å². The third kappa shape index (κ3) is 11.4. The molecule has 29 heteroatoms. The van der Waals surface area contributed by atoms with Gasteiger partial charge in [-0.3, -0.25) is 0 Å². The molecule has 0 aliphatic heterocycles. The van der Waals surface area contributed by atoms with Crippen molar-refractivity contribution in [3.63, 3.8) is 0 Å². The molecule has 0 radical (unpaired) electrons. The number of amides is 2. The minimum atomic E-state index is -1.13. The first-order valence-electron chi connectivity index (χ1n) is 28.4. The maximum Gasteiger partial charge on any atom is 0.315 e. The fraction of sp³-hybridized carbons (Fsp3) is 0.627. The van der Waals surface area contributed by atoms with Crippen LogP contribution in [0.3, 0.4) is 0 Å². The maximum absolute atomic E-state index is 13.6. The van der Waals surface area contributed by atoms with Crippen LogP contribution in [0.2, 0.25) is 0 Å². The second-order valence-electron chi connectivity index (χ2n) is 22.1. The highest BCUT2D eigenvalue weighted by Gasteiger charge is 2.45. The summed E-state index contributed by atoms with van der Waals surface area (Å²) in [7, 11) is 3.91. The van der Waals surface area contributed by atoms with E-state index in [1.54, 1.807) is 17.5 Å². The summed E-state index contributed by atoms with van der Waals surface area (Å²) >= 11 is 0. The lowest BCUT2D eigenvalue weighted by Gasteiger charge is -2.32. The zero-order valence-electron chi connectivity index (χ0n) is 45.7. The van der Waals surface area contributed by atoms with Crippen molar-refractivity contribution in [3.05, 3.63) is 60.7 Å². The van der Waals surface area contributed by atoms with Gasteiger partial charge in [0.25, 0.3) is 0 Å². The molecule has 424 valence electrons. The Balaban J connectivity index is 0.654. The average molecular weight is 1100 g/mol. The molecule has 8 aromatic rings. The van der Waals surface area contributed by atoms with Gasteiger partial charge < -0.3 is 60.4 Å². The molecule has 4 fully saturated rings. The van der Waals surface area contributed by atoms with Crippen molar-refractivity contribution in [2.24, 2.45) is 14.1 Å². The third-order valence-electron chi connectivity index (χ3n) is 16.4. The zero-order valence-corrected chi connectivity index (χ0v) is 45.7. The number of hydrogen-bond acceptors (Lipinski definition) is 21. The molecule has 4 aliphatic rings. The van der Waals surface area contributed by atoms with E-state index in [1.807, 2.05) is 66.7 Å². The summed E-state index contributed by atoms with van der Waals surface area (Å²) in [6, 6.07) is -0.686. The number of urea groups is 1. The van der Waals surface area contributed by atoms with Gasteiger partial charge in [-0.2, -0.15) is 29.5 Å². The van der Waals surface area contributed by atoms with E-state index < -0.39 is 24.3 Å². The standard InChI is InChI=1S/C51H72N26O3/c1-5-39-66-70-76(68-39)36-16-15-35(21-36)74-27-56-41-45(62-49(64-47(41)74)52-19-17-33-23-72(3)25-54-33)58-29-7-11-31(12-8-29)60-51(80)61-32-13-9-30(10-14-32)59-46-42-48(65-50(63-46)53-20-18-34-24-73(4)26-55-34)75(28-57-42)37-22-38(44(79)43(37)78)77-69-40(6-2)67-71-77/h23-32,35-38,43-44,78-79H,5-22H2,1-4H3,(H2,60,61,80)(H2,52,58,62,64)(H2,53,59,63,65)/t29-,30-,31-,32-,35-,36+,37+,38-,43-,44+/m0/s1. The first kappa shape index (κ1) is 52.7. The lowest BCUT2D eigenvalue weighted by Crippen LogP contribution is -2.49. The molecule has 29 nitrogen and oxygen atoms in total. The number of imidazole rings is 4. The van der Waals surface area contributed by atoms with E-state index in [2.05, 4.69) is 77.3 Å². The van der Waals surface area contributed by atoms with Gasteiger partial charge >= 0.3 is 6.03 Å². The van der Waals surface area contributed by atoms with Crippen LogP contribution in [-0.4, -0.2) is 164 Å². The smallest absolute Gasteiger partial charge is 0.315 e. The van der Waals surface area contributed by atoms with Crippen LogP contribution >= 0.6 is 0 Å². The van der Waals surface area contributed by atoms with Crippen molar-refractivity contribution in [1.29, 1.82) is 0 Å². The molecule has 0 unspecified atom stereocenters. The first-order valence-corrected chi connectivity index (χ1v) is 28.4. The molecule has 4 saturated carbocycles. The molecule has 8 N–H and O–H groups in total. The van der Waals surface area contributed by atoms with E-state index in [9.17, 15) is 15.0 Å². The molecule has 12 rings (SSSR count). The van der Waals surface area contributed by atoms with Gasteiger partial charge in [-0.25, -0.2) is 24.7 Å². The van der Waals surface area contributed by atoms with E-state index in [0.29, 0.717) is 72.9 Å². The van der Waals surface area contributed by atoms with E-state index >= 15 is 0 Å². The number of carbonyl (C=O) groups excluding carboxylic acids is 1. The molecular formula is C51H72N26O3. The number of aliphatic hydroxyl groups excluding tert-OH is 2. The van der Waals surface area contributed by atoms with Crippen LogP contribution in [0.15, 0.2) is 37.7 Å². The van der Waals surface area contributed by atoms with Crippen molar-refractivity contribution >= 4 is 51.9 Å². The normalized spacial score (nSPS) is 25.1. The van der Waals surface area contributed by atoms with Crippen LogP contribution in [0.5, 0.6) is 0 Å². The fourth-order valence-corrected chi connectivity index (χ4v) is 12.0. The van der Waals surface area contributed by atoms with E-state index in [0.717, 1.165) is 112 Å². The lowest BCUT2D eigenvalue weighted by atomic mass is 9.90. The highest BCUT2D eigenvalue weighted by Crippen LogP contribution is 2.41. The van der Waals surface area contributed by atoms with Crippen molar-refractivity contribution in [2.45, 2.75) is 177 Å². The summed E-state index contributed by atoms with van der Waals surface area (Å²) in [5.74, 6) is 3.53. The Morgan fingerprint density at radius 1 is 0.562 bits per heavy atom. The molecule has 0 spiro atoms. The number of hydrogen-bond donors (Lipinski definition) is 8. The van der Waals surface area contributed by atoms with Crippen molar-refractivity contribution in [1.82, 2.24) is 109 Å². The number of fused-ring (bicyclic) bond motifs is 2. The van der Waals surface area contributed by atoms with Gasteiger partial charge in [-0.1, -0.05) is 13.8 Å². The van der Waals surface area contributed by atoms with Crippen LogP contribution in [-0.2, 0) is 39.8 Å². The topological polar surface area (TPSA) is 340 Å². The Kier molecular flexibility index (Phi) is 15.2. The Morgan fingerprint density at radius 2 is 1.05 bits per heavy atom. The predicted octanol–water partition coefficient (Wildman–Crippen LogP) is 3.16. The van der Waals surface area contributed by atoms with Crippen molar-refractivity contribution in [2.75, 3.05) is 34.4 Å². The highest BCUT2D eigenvalue weighted by atomic mass is 16.3. The second kappa shape index (κ2) is 23.0. The SMILES string of the molecule is CCc1nnn([C@@H]2CC[C@H](n3cnc4c(N[C@H]5CC[C@H](NC(=O)N[C@H]6CC[C@H](Nc7nc(NCCc8cn(C)cn8)nc8c7ncn8[C@@H]7C[C@H](n8nnc(CC)n8)[C@@H](O)[C@H]7O)CC6)CC5)nc(NCCc5cn(C)cn5)nc43)C2)n1. The molecule has 8 heterocycles. The predicted molar refractivity (Wildman–Crippen MR) is 293 cm³/mol. The summed E-state index contributed by atoms with van der Waals surface area (Å²) in [6.45, 7) is 5.13. The third-order valence-corrected chi connectivity index (χ3v) is 16.4. The van der Waals surface area contributed by atoms with Crippen LogP contribution < -0.4 is 31.9 Å². The summed E-state index contributed by atoms with van der Waals surface area (Å²) in [5.41, 5.74) is 4.52. The van der Waals surface area contributed by atoms with Gasteiger partial charge in [0.05, 0.1) is 48.8 Å². The number of aliphatic hydroxyl groups is 2. The molecule has 2 amide bonds. The number of aryl methyl sites for hydroxylation is 4. The number of anilines is 4. The van der Waals surface area contributed by atoms with Gasteiger partial charge in [0, 0.05) is 95.5 Å². The van der Waals surface area contributed by atoms with Crippen LogP contribution in [0.1, 0.15) is 138 Å². The van der Waals surface area contributed by atoms with Gasteiger partial charge in [-0.05, 0) is 87.5 Å². The van der Waals surface area contributed by atoms with Gasteiger partial charge in [0.1, 0.15) is 18.2 Å². The molecule has 0 bridgehead atoms. The summed E-state index contributed by atoms with van der Waals surface area (Å²) < 4.78 is 7.87. The minimum absolute atomic E-state index is 0.0191. The summed E-state index contributed by atoms with van der Waals surface area (Å²) in [5, 5.41) is 69.3. The van der Waals surface area contributed by atoms with E-state index in [4.69, 9.17) is 29.9 Å². The molecule has 8 aromatic heterocycles. The highest BCUT2D eigenvalue weighted by molar-refractivity contribution is 5.85. The fourth-order valence-electron chi connectivity index (χ4n) is 12.0. The second-order valence-corrected chi connectivity index (χ2v) is 22.1. The van der Waals surface area contributed by atoms with Gasteiger partial charge in [0.15, 0.2) is 45.6 Å². The molecule has 0 aromatic carbocycles. The number of nitrogens with one attached hydrogen (secondary N) is 6. The molecule has 4 aliphatic carbocycles. The molecule has 80 heavy (non-hydrogen) atoms. The Hall–Kier alpha value is -7.95. The molecule has 6 atom stereocenters. The minimum Gasteiger partial charge on any atom is -0.388 e. The van der Waals surface area contributed by atoms with Crippen LogP contribution in [0.25, 0.3) is 22.3 Å². The van der Waals surface area contributed by atoms with E-state index in [1.165, 1.54) is 4.80 Å². The summed E-state index contributed by atoms with van der Waals surface area (Å²) in [6.07, 6.45) is 21.2. The Morgan fingerprint density at radius 3 is 1.57 bits per heavy atom. The summed E-state index contributed by atoms with van der Waals surface area (Å²) in [4.78, 5) is 55.2. The van der Waals surface area contributed by atoms with Crippen LogP contribution in [0.4, 0.5) is 28.3 Å². The number of aromatic nitrogens is 20. The van der Waals surface area contributed by atoms with Crippen molar-refractivity contribution < 1.29 is 15.0 Å². The number of nitrogens with zero attached hydrogens (tertiary/aromatic N) is 20. The van der Waals surface area contributed by atoms with Gasteiger partial charge in [-0.15, -0.1) is 20.4 Å². The first-order chi connectivity index (χ1) is 39.0. The Bertz CT molecular complexity index is 3380. The maximum atomic E-state index is 13.6.